The summed E-state index contributed by atoms with van der Waals surface area (Å²) in [4.78, 5) is 15.2. The Hall–Kier alpha value is -2.91. The van der Waals surface area contributed by atoms with Crippen molar-refractivity contribution < 1.29 is 9.53 Å². The maximum atomic E-state index is 12.7. The van der Waals surface area contributed by atoms with Gasteiger partial charge in [-0.3, -0.25) is 9.69 Å². The van der Waals surface area contributed by atoms with Gasteiger partial charge in [0.25, 0.3) is 0 Å². The molecule has 3 aromatic rings. The van der Waals surface area contributed by atoms with Gasteiger partial charge in [-0.05, 0) is 28.8 Å². The lowest BCUT2D eigenvalue weighted by Crippen LogP contribution is -2.39. The summed E-state index contributed by atoms with van der Waals surface area (Å²) < 4.78 is 5.31. The zero-order valence-electron chi connectivity index (χ0n) is 16.1. The van der Waals surface area contributed by atoms with Gasteiger partial charge in [-0.15, -0.1) is 0 Å². The molecule has 3 heteroatoms. The Morgan fingerprint density at radius 3 is 1.89 bits per heavy atom. The topological polar surface area (TPSA) is 29.5 Å². The van der Waals surface area contributed by atoms with Crippen LogP contribution in [-0.2, 0) is 11.3 Å². The zero-order chi connectivity index (χ0) is 19.3. The molecular formula is C25H25NO2. The van der Waals surface area contributed by atoms with Crippen molar-refractivity contribution in [3.63, 3.8) is 0 Å². The number of hydrogen-bond acceptors (Lipinski definition) is 3. The number of hydrogen-bond donors (Lipinski definition) is 0. The van der Waals surface area contributed by atoms with Gasteiger partial charge in [-0.1, -0.05) is 72.8 Å². The number of ether oxygens (including phenoxy) is 1. The lowest BCUT2D eigenvalue weighted by Gasteiger charge is -2.42. The summed E-state index contributed by atoms with van der Waals surface area (Å²) >= 11 is 0. The molecule has 0 aromatic heterocycles. The number of benzene rings is 3. The van der Waals surface area contributed by atoms with E-state index in [1.165, 1.54) is 11.1 Å². The Morgan fingerprint density at radius 2 is 1.32 bits per heavy atom. The fraction of sp³-hybridized carbons (Fsp3) is 0.240. The summed E-state index contributed by atoms with van der Waals surface area (Å²) in [5, 5.41) is 0. The van der Waals surface area contributed by atoms with Gasteiger partial charge in [0.15, 0.2) is 0 Å². The highest BCUT2D eigenvalue weighted by Gasteiger charge is 2.36. The predicted octanol–water partition coefficient (Wildman–Crippen LogP) is 5.34. The van der Waals surface area contributed by atoms with Crippen molar-refractivity contribution >= 4 is 5.78 Å². The lowest BCUT2D eigenvalue weighted by molar-refractivity contribution is -0.126. The summed E-state index contributed by atoms with van der Waals surface area (Å²) in [7, 11) is 1.67. The van der Waals surface area contributed by atoms with E-state index in [1.54, 1.807) is 7.11 Å². The highest BCUT2D eigenvalue weighted by atomic mass is 16.5. The van der Waals surface area contributed by atoms with Gasteiger partial charge in [0, 0.05) is 31.5 Å². The van der Waals surface area contributed by atoms with Crippen molar-refractivity contribution in [1.29, 1.82) is 0 Å². The maximum Gasteiger partial charge on any atom is 0.136 e. The first-order valence-corrected chi connectivity index (χ1v) is 9.75. The molecule has 0 spiro atoms. The quantitative estimate of drug-likeness (QED) is 0.606. The van der Waals surface area contributed by atoms with E-state index in [1.807, 2.05) is 24.3 Å². The third-order valence-electron chi connectivity index (χ3n) is 5.54. The number of nitrogens with zero attached hydrogens (tertiary/aromatic N) is 1. The van der Waals surface area contributed by atoms with E-state index < -0.39 is 0 Å². The molecule has 0 unspecified atom stereocenters. The van der Waals surface area contributed by atoms with E-state index in [0.717, 1.165) is 17.9 Å². The Morgan fingerprint density at radius 1 is 0.786 bits per heavy atom. The number of carbonyl (C=O) groups excluding carboxylic acids is 1. The molecule has 1 aliphatic heterocycles. The maximum absolute atomic E-state index is 12.7. The van der Waals surface area contributed by atoms with Crippen LogP contribution >= 0.6 is 0 Å². The summed E-state index contributed by atoms with van der Waals surface area (Å²) in [6.07, 6.45) is 1.10. The van der Waals surface area contributed by atoms with Gasteiger partial charge in [-0.25, -0.2) is 0 Å². The first kappa shape index (κ1) is 18.5. The van der Waals surface area contributed by atoms with Gasteiger partial charge >= 0.3 is 0 Å². The Kier molecular flexibility index (Phi) is 5.54. The third-order valence-corrected chi connectivity index (χ3v) is 5.54. The van der Waals surface area contributed by atoms with Crippen LogP contribution in [0.2, 0.25) is 0 Å². The summed E-state index contributed by atoms with van der Waals surface area (Å²) in [5.74, 6) is 1.15. The zero-order valence-corrected chi connectivity index (χ0v) is 16.1. The number of piperidine rings is 1. The number of ketones is 1. The second-order valence-corrected chi connectivity index (χ2v) is 7.32. The molecular weight excluding hydrogens is 346 g/mol. The van der Waals surface area contributed by atoms with Crippen molar-refractivity contribution in [3.05, 3.63) is 102 Å². The first-order chi connectivity index (χ1) is 13.7. The second-order valence-electron chi connectivity index (χ2n) is 7.32. The van der Waals surface area contributed by atoms with Gasteiger partial charge < -0.3 is 4.74 Å². The SMILES string of the molecule is COc1ccc([C@H]2CC(=O)C[C@H](c3ccccc3)N2Cc2ccccc2)cc1. The van der Waals surface area contributed by atoms with Crippen LogP contribution in [-0.4, -0.2) is 17.8 Å². The minimum absolute atomic E-state index is 0.0533. The number of likely N-dealkylation sites (tertiary alicyclic amines) is 1. The van der Waals surface area contributed by atoms with Crippen LogP contribution in [0.15, 0.2) is 84.9 Å². The van der Waals surface area contributed by atoms with Crippen molar-refractivity contribution in [3.8, 4) is 5.75 Å². The largest absolute Gasteiger partial charge is 0.497 e. The molecule has 3 aromatic carbocycles. The summed E-state index contributed by atoms with van der Waals surface area (Å²) in [6, 6.07) is 29.2. The summed E-state index contributed by atoms with van der Waals surface area (Å²) in [5.41, 5.74) is 3.62. The molecule has 4 rings (SSSR count). The van der Waals surface area contributed by atoms with Crippen LogP contribution in [0.1, 0.15) is 41.6 Å². The van der Waals surface area contributed by atoms with E-state index in [2.05, 4.69) is 65.6 Å². The van der Waals surface area contributed by atoms with Crippen molar-refractivity contribution in [2.45, 2.75) is 31.5 Å². The van der Waals surface area contributed by atoms with Crippen molar-refractivity contribution in [2.24, 2.45) is 0 Å². The smallest absolute Gasteiger partial charge is 0.136 e. The molecule has 0 aliphatic carbocycles. The number of Topliss-reactive ketones (excluding diaryl/α,β-unsaturated/α-hetero) is 1. The van der Waals surface area contributed by atoms with E-state index in [-0.39, 0.29) is 12.1 Å². The highest BCUT2D eigenvalue weighted by molar-refractivity contribution is 5.81. The highest BCUT2D eigenvalue weighted by Crippen LogP contribution is 2.41. The number of methoxy groups -OCH3 is 1. The van der Waals surface area contributed by atoms with Crippen molar-refractivity contribution in [1.82, 2.24) is 4.90 Å². The van der Waals surface area contributed by atoms with Crippen LogP contribution in [0.25, 0.3) is 0 Å². The second kappa shape index (κ2) is 8.41. The average Bonchev–Trinajstić information content (AvgIpc) is 2.76. The lowest BCUT2D eigenvalue weighted by atomic mass is 9.86. The molecule has 1 aliphatic rings. The fourth-order valence-corrected chi connectivity index (χ4v) is 4.10. The normalized spacial score (nSPS) is 20.1. The Balaban J connectivity index is 1.73. The van der Waals surface area contributed by atoms with Crippen LogP contribution < -0.4 is 4.74 Å². The Labute approximate surface area is 166 Å². The third kappa shape index (κ3) is 4.00. The van der Waals surface area contributed by atoms with Crippen LogP contribution in [0.4, 0.5) is 0 Å². The van der Waals surface area contributed by atoms with Gasteiger partial charge in [0.05, 0.1) is 7.11 Å². The van der Waals surface area contributed by atoms with E-state index >= 15 is 0 Å². The van der Waals surface area contributed by atoms with Crippen LogP contribution in [0.3, 0.4) is 0 Å². The molecule has 28 heavy (non-hydrogen) atoms. The van der Waals surface area contributed by atoms with E-state index in [0.29, 0.717) is 18.6 Å². The number of rotatable bonds is 5. The minimum Gasteiger partial charge on any atom is -0.497 e. The predicted molar refractivity (Wildman–Crippen MR) is 111 cm³/mol. The molecule has 0 bridgehead atoms. The Bertz CT molecular complexity index is 906. The monoisotopic (exact) mass is 371 g/mol. The molecule has 1 saturated heterocycles. The fourth-order valence-electron chi connectivity index (χ4n) is 4.10. The standard InChI is InChI=1S/C25H25NO2/c1-28-23-14-12-21(13-15-23)25-17-22(27)16-24(20-10-6-3-7-11-20)26(25)18-19-8-4-2-5-9-19/h2-15,24-25H,16-18H2,1H3/t24-,25-/m1/s1. The van der Waals surface area contributed by atoms with Gasteiger partial charge in [-0.2, -0.15) is 0 Å². The molecule has 3 nitrogen and oxygen atoms in total. The van der Waals surface area contributed by atoms with Crippen molar-refractivity contribution in [2.75, 3.05) is 7.11 Å². The molecule has 0 amide bonds. The van der Waals surface area contributed by atoms with E-state index in [4.69, 9.17) is 4.74 Å². The van der Waals surface area contributed by atoms with E-state index in [9.17, 15) is 4.79 Å². The molecule has 1 fully saturated rings. The van der Waals surface area contributed by atoms with Gasteiger partial charge in [0.1, 0.15) is 11.5 Å². The molecule has 142 valence electrons. The van der Waals surface area contributed by atoms with Crippen LogP contribution in [0.5, 0.6) is 5.75 Å². The average molecular weight is 371 g/mol. The van der Waals surface area contributed by atoms with Gasteiger partial charge in [0.2, 0.25) is 0 Å². The summed E-state index contributed by atoms with van der Waals surface area (Å²) in [6.45, 7) is 0.810. The number of carbonyl (C=O) groups is 1. The first-order valence-electron chi connectivity index (χ1n) is 9.75. The molecule has 1 heterocycles. The molecule has 0 saturated carbocycles. The minimum atomic E-state index is 0.0533. The molecule has 2 atom stereocenters. The molecule has 0 radical (unpaired) electrons. The molecule has 0 N–H and O–H groups in total. The van der Waals surface area contributed by atoms with Crippen LogP contribution in [0, 0.1) is 0 Å².